The Labute approximate surface area is 77.4 Å². The van der Waals surface area contributed by atoms with Crippen LogP contribution in [0.15, 0.2) is 18.3 Å². The van der Waals surface area contributed by atoms with Crippen LogP contribution in [0.2, 0.25) is 0 Å². The van der Waals surface area contributed by atoms with Gasteiger partial charge < -0.3 is 4.90 Å². The Bertz CT molecular complexity index is 291. The van der Waals surface area contributed by atoms with Crippen LogP contribution in [-0.2, 0) is 0 Å². The van der Waals surface area contributed by atoms with Gasteiger partial charge >= 0.3 is 0 Å². The Balaban J connectivity index is 2.13. The predicted octanol–water partition coefficient (Wildman–Crippen LogP) is 1.12. The molecule has 0 saturated carbocycles. The highest BCUT2D eigenvalue weighted by atomic mass is 16.2. The number of pyridine rings is 1. The first-order chi connectivity index (χ1) is 6.38. The van der Waals surface area contributed by atoms with Crippen molar-refractivity contribution in [2.24, 2.45) is 0 Å². The van der Waals surface area contributed by atoms with E-state index in [4.69, 9.17) is 0 Å². The summed E-state index contributed by atoms with van der Waals surface area (Å²) in [7, 11) is 0. The van der Waals surface area contributed by atoms with Crippen LogP contribution >= 0.6 is 0 Å². The Morgan fingerprint density at radius 2 is 2.23 bits per heavy atom. The molecule has 3 nitrogen and oxygen atoms in total. The molecule has 1 aromatic rings. The SMILES string of the molecule is O=C(c1c[c]ccn1)N1CCCC1. The van der Waals surface area contributed by atoms with Crippen molar-refractivity contribution in [1.29, 1.82) is 0 Å². The van der Waals surface area contributed by atoms with Gasteiger partial charge in [0, 0.05) is 19.3 Å². The smallest absolute Gasteiger partial charge is 0.272 e. The van der Waals surface area contributed by atoms with Crippen molar-refractivity contribution >= 4 is 5.91 Å². The molecule has 0 aromatic carbocycles. The fourth-order valence-corrected chi connectivity index (χ4v) is 1.52. The Kier molecular flexibility index (Phi) is 2.25. The number of aromatic nitrogens is 1. The lowest BCUT2D eigenvalue weighted by Crippen LogP contribution is -2.28. The summed E-state index contributed by atoms with van der Waals surface area (Å²) < 4.78 is 0. The van der Waals surface area contributed by atoms with E-state index in [-0.39, 0.29) is 5.91 Å². The number of rotatable bonds is 1. The van der Waals surface area contributed by atoms with Crippen molar-refractivity contribution in [3.8, 4) is 0 Å². The van der Waals surface area contributed by atoms with Crippen molar-refractivity contribution in [2.75, 3.05) is 13.1 Å². The Morgan fingerprint density at radius 3 is 2.85 bits per heavy atom. The van der Waals surface area contributed by atoms with E-state index in [1.54, 1.807) is 18.3 Å². The molecule has 0 aliphatic carbocycles. The van der Waals surface area contributed by atoms with Gasteiger partial charge in [-0.3, -0.25) is 9.78 Å². The van der Waals surface area contributed by atoms with Crippen molar-refractivity contribution in [1.82, 2.24) is 9.88 Å². The minimum Gasteiger partial charge on any atom is -0.337 e. The number of carbonyl (C=O) groups is 1. The number of hydrogen-bond acceptors (Lipinski definition) is 2. The van der Waals surface area contributed by atoms with Gasteiger partial charge in [-0.25, -0.2) is 0 Å². The van der Waals surface area contributed by atoms with E-state index in [1.165, 1.54) is 0 Å². The van der Waals surface area contributed by atoms with Crippen LogP contribution in [0.4, 0.5) is 0 Å². The molecule has 2 heterocycles. The van der Waals surface area contributed by atoms with Gasteiger partial charge in [-0.15, -0.1) is 0 Å². The Morgan fingerprint density at radius 1 is 1.46 bits per heavy atom. The average Bonchev–Trinajstić information content (AvgIpc) is 2.71. The molecular formula is C10H11N2O. The molecular weight excluding hydrogens is 164 g/mol. The lowest BCUT2D eigenvalue weighted by Gasteiger charge is -2.13. The van der Waals surface area contributed by atoms with Crippen LogP contribution in [0, 0.1) is 6.07 Å². The van der Waals surface area contributed by atoms with Gasteiger partial charge in [0.2, 0.25) is 0 Å². The van der Waals surface area contributed by atoms with Crippen molar-refractivity contribution in [3.05, 3.63) is 30.1 Å². The second-order valence-electron chi connectivity index (χ2n) is 3.14. The maximum Gasteiger partial charge on any atom is 0.272 e. The van der Waals surface area contributed by atoms with E-state index in [9.17, 15) is 4.79 Å². The van der Waals surface area contributed by atoms with E-state index in [1.807, 2.05) is 4.90 Å². The summed E-state index contributed by atoms with van der Waals surface area (Å²) >= 11 is 0. The molecule has 67 valence electrons. The van der Waals surface area contributed by atoms with E-state index < -0.39 is 0 Å². The lowest BCUT2D eigenvalue weighted by molar-refractivity contribution is 0.0787. The van der Waals surface area contributed by atoms with Gasteiger partial charge in [-0.05, 0) is 31.0 Å². The molecule has 1 fully saturated rings. The van der Waals surface area contributed by atoms with Gasteiger partial charge in [-0.1, -0.05) is 0 Å². The summed E-state index contributed by atoms with van der Waals surface area (Å²) in [6.07, 6.45) is 3.83. The second kappa shape index (κ2) is 3.56. The summed E-state index contributed by atoms with van der Waals surface area (Å²) in [4.78, 5) is 17.5. The van der Waals surface area contributed by atoms with E-state index in [2.05, 4.69) is 11.1 Å². The van der Waals surface area contributed by atoms with Crippen molar-refractivity contribution in [2.45, 2.75) is 12.8 Å². The third kappa shape index (κ3) is 1.69. The molecule has 1 aliphatic heterocycles. The van der Waals surface area contributed by atoms with Crippen LogP contribution < -0.4 is 0 Å². The molecule has 0 spiro atoms. The average molecular weight is 175 g/mol. The third-order valence-electron chi connectivity index (χ3n) is 2.22. The first-order valence-electron chi connectivity index (χ1n) is 4.49. The standard InChI is InChI=1S/C10H11N2O/c13-10(12-7-3-4-8-12)9-5-1-2-6-11-9/h2,5-6H,3-4,7-8H2. The Hall–Kier alpha value is -1.38. The highest BCUT2D eigenvalue weighted by Crippen LogP contribution is 2.10. The maximum atomic E-state index is 11.7. The molecule has 1 aliphatic rings. The molecule has 1 saturated heterocycles. The van der Waals surface area contributed by atoms with E-state index in [0.717, 1.165) is 25.9 Å². The maximum absolute atomic E-state index is 11.7. The van der Waals surface area contributed by atoms with Crippen LogP contribution in [-0.4, -0.2) is 28.9 Å². The fraction of sp³-hybridized carbons (Fsp3) is 0.400. The highest BCUT2D eigenvalue weighted by molar-refractivity contribution is 5.92. The normalized spacial score (nSPS) is 16.2. The second-order valence-corrected chi connectivity index (χ2v) is 3.14. The first kappa shape index (κ1) is 8.23. The van der Waals surface area contributed by atoms with Crippen LogP contribution in [0.1, 0.15) is 23.3 Å². The van der Waals surface area contributed by atoms with Gasteiger partial charge in [0.15, 0.2) is 0 Å². The molecule has 0 bridgehead atoms. The quantitative estimate of drug-likeness (QED) is 0.640. The van der Waals surface area contributed by atoms with Gasteiger partial charge in [0.1, 0.15) is 5.69 Å². The van der Waals surface area contributed by atoms with Gasteiger partial charge in [-0.2, -0.15) is 0 Å². The molecule has 0 N–H and O–H groups in total. The summed E-state index contributed by atoms with van der Waals surface area (Å²) in [5, 5.41) is 0. The van der Waals surface area contributed by atoms with Crippen LogP contribution in [0.5, 0.6) is 0 Å². The summed E-state index contributed by atoms with van der Waals surface area (Å²) in [5.74, 6) is 0.0364. The number of nitrogens with zero attached hydrogens (tertiary/aromatic N) is 2. The monoisotopic (exact) mass is 175 g/mol. The number of amides is 1. The number of carbonyl (C=O) groups excluding carboxylic acids is 1. The van der Waals surface area contributed by atoms with E-state index >= 15 is 0 Å². The minimum absolute atomic E-state index is 0.0364. The summed E-state index contributed by atoms with van der Waals surface area (Å²) in [6, 6.07) is 6.19. The zero-order valence-electron chi connectivity index (χ0n) is 7.36. The topological polar surface area (TPSA) is 33.2 Å². The molecule has 0 atom stereocenters. The van der Waals surface area contributed by atoms with Crippen molar-refractivity contribution < 1.29 is 4.79 Å². The minimum atomic E-state index is 0.0364. The fourth-order valence-electron chi connectivity index (χ4n) is 1.52. The third-order valence-corrected chi connectivity index (χ3v) is 2.22. The van der Waals surface area contributed by atoms with E-state index in [0.29, 0.717) is 5.69 Å². The molecule has 2 rings (SSSR count). The summed E-state index contributed by atoms with van der Waals surface area (Å²) in [5.41, 5.74) is 0.504. The zero-order valence-corrected chi connectivity index (χ0v) is 7.36. The number of likely N-dealkylation sites (tertiary alicyclic amines) is 1. The van der Waals surface area contributed by atoms with Crippen LogP contribution in [0.25, 0.3) is 0 Å². The van der Waals surface area contributed by atoms with Gasteiger partial charge in [0.05, 0.1) is 0 Å². The summed E-state index contributed by atoms with van der Waals surface area (Å²) in [6.45, 7) is 1.74. The molecule has 1 aromatic heterocycles. The largest absolute Gasteiger partial charge is 0.337 e. The first-order valence-corrected chi connectivity index (χ1v) is 4.49. The molecule has 1 amide bonds. The molecule has 0 unspecified atom stereocenters. The lowest BCUT2D eigenvalue weighted by atomic mass is 10.3. The van der Waals surface area contributed by atoms with Crippen LogP contribution in [0.3, 0.4) is 0 Å². The van der Waals surface area contributed by atoms with Gasteiger partial charge in [0.25, 0.3) is 5.91 Å². The molecule has 13 heavy (non-hydrogen) atoms. The predicted molar refractivity (Wildman–Crippen MR) is 48.2 cm³/mol. The molecule has 3 heteroatoms. The highest BCUT2D eigenvalue weighted by Gasteiger charge is 2.19. The van der Waals surface area contributed by atoms with Crippen molar-refractivity contribution in [3.63, 3.8) is 0 Å². The number of hydrogen-bond donors (Lipinski definition) is 0. The molecule has 1 radical (unpaired) electrons. The zero-order chi connectivity index (χ0) is 9.10.